The predicted octanol–water partition coefficient (Wildman–Crippen LogP) is 2.95. The number of ether oxygens (including phenoxy) is 1. The first-order valence-corrected chi connectivity index (χ1v) is 10.4. The van der Waals surface area contributed by atoms with Crippen LogP contribution < -0.4 is 4.72 Å². The Morgan fingerprint density at radius 1 is 1.27 bits per heavy atom. The van der Waals surface area contributed by atoms with E-state index in [0.29, 0.717) is 23.8 Å². The molecule has 22 heavy (non-hydrogen) atoms. The van der Waals surface area contributed by atoms with Crippen molar-refractivity contribution in [3.8, 4) is 0 Å². The minimum Gasteiger partial charge on any atom is -0.376 e. The second-order valence-corrected chi connectivity index (χ2v) is 9.15. The Balaban J connectivity index is 1.63. The quantitative estimate of drug-likeness (QED) is 0.715. The van der Waals surface area contributed by atoms with Crippen LogP contribution in [0.3, 0.4) is 0 Å². The zero-order chi connectivity index (χ0) is 15.6. The van der Waals surface area contributed by atoms with Crippen molar-refractivity contribution >= 4 is 44.0 Å². The zero-order valence-corrected chi connectivity index (χ0v) is 15.6. The van der Waals surface area contributed by atoms with Gasteiger partial charge in [-0.25, -0.2) is 13.1 Å². The van der Waals surface area contributed by atoms with Crippen LogP contribution in [0.5, 0.6) is 0 Å². The van der Waals surface area contributed by atoms with Crippen LogP contribution in [0.2, 0.25) is 0 Å². The summed E-state index contributed by atoms with van der Waals surface area (Å²) in [5.41, 5.74) is 3.72. The fourth-order valence-corrected chi connectivity index (χ4v) is 6.30. The van der Waals surface area contributed by atoms with Crippen molar-refractivity contribution in [3.05, 3.63) is 49.9 Å². The van der Waals surface area contributed by atoms with Gasteiger partial charge in [-0.2, -0.15) is 0 Å². The highest BCUT2D eigenvalue weighted by molar-refractivity contribution is 14.1. The van der Waals surface area contributed by atoms with Crippen molar-refractivity contribution in [2.75, 3.05) is 13.2 Å². The third-order valence-electron chi connectivity index (χ3n) is 3.58. The molecule has 0 aliphatic carbocycles. The van der Waals surface area contributed by atoms with Gasteiger partial charge in [0.25, 0.3) is 10.0 Å². The molecule has 118 valence electrons. The Morgan fingerprint density at radius 2 is 2.14 bits per heavy atom. The van der Waals surface area contributed by atoms with Crippen molar-refractivity contribution in [2.45, 2.75) is 23.7 Å². The number of fused-ring (bicyclic) bond motifs is 1. The molecule has 0 saturated carbocycles. The van der Waals surface area contributed by atoms with Crippen LogP contribution in [0.4, 0.5) is 0 Å². The number of halogens is 1. The summed E-state index contributed by atoms with van der Waals surface area (Å²) in [7, 11) is -3.39. The molecule has 2 aromatic rings. The second-order valence-electron chi connectivity index (χ2n) is 5.11. The van der Waals surface area contributed by atoms with E-state index in [1.807, 2.05) is 28.7 Å². The zero-order valence-electron chi connectivity index (χ0n) is 11.8. The van der Waals surface area contributed by atoms with Gasteiger partial charge in [0.2, 0.25) is 0 Å². The van der Waals surface area contributed by atoms with Gasteiger partial charge < -0.3 is 4.74 Å². The smallest absolute Gasteiger partial charge is 0.251 e. The molecule has 0 radical (unpaired) electrons. The molecule has 3 rings (SSSR count). The average molecular weight is 449 g/mol. The van der Waals surface area contributed by atoms with E-state index in [-0.39, 0.29) is 0 Å². The van der Waals surface area contributed by atoms with Crippen LogP contribution in [0, 0.1) is 3.57 Å². The lowest BCUT2D eigenvalue weighted by Gasteiger charge is -2.17. The number of hydrogen-bond donors (Lipinski definition) is 1. The van der Waals surface area contributed by atoms with Crippen LogP contribution >= 0.6 is 33.9 Å². The van der Waals surface area contributed by atoms with Crippen LogP contribution in [0.25, 0.3) is 0 Å². The van der Waals surface area contributed by atoms with Gasteiger partial charge in [0.1, 0.15) is 4.21 Å². The van der Waals surface area contributed by atoms with E-state index in [1.165, 1.54) is 22.5 Å². The summed E-state index contributed by atoms with van der Waals surface area (Å²) >= 11 is 3.30. The van der Waals surface area contributed by atoms with Gasteiger partial charge in [0.15, 0.2) is 0 Å². The lowest BCUT2D eigenvalue weighted by Crippen LogP contribution is -2.26. The second kappa shape index (κ2) is 6.96. The fraction of sp³-hybridized carbons (Fsp3) is 0.333. The maximum absolute atomic E-state index is 12.2. The summed E-state index contributed by atoms with van der Waals surface area (Å²) in [5, 5.41) is 1.79. The van der Waals surface area contributed by atoms with E-state index >= 15 is 0 Å². The van der Waals surface area contributed by atoms with E-state index in [1.54, 1.807) is 5.38 Å². The van der Waals surface area contributed by atoms with Gasteiger partial charge in [-0.05, 0) is 63.6 Å². The Hall–Kier alpha value is -0.480. The lowest BCUT2D eigenvalue weighted by molar-refractivity contribution is 0.110. The van der Waals surface area contributed by atoms with Crippen molar-refractivity contribution in [1.82, 2.24) is 4.72 Å². The molecule has 1 aliphatic heterocycles. The molecule has 0 unspecified atom stereocenters. The van der Waals surface area contributed by atoms with Crippen molar-refractivity contribution in [2.24, 2.45) is 0 Å². The molecule has 0 fully saturated rings. The van der Waals surface area contributed by atoms with Gasteiger partial charge in [-0.15, -0.1) is 11.3 Å². The number of benzene rings is 1. The molecule has 1 aromatic heterocycles. The molecular formula is C15H16INO3S2. The topological polar surface area (TPSA) is 55.4 Å². The highest BCUT2D eigenvalue weighted by Crippen LogP contribution is 2.24. The van der Waals surface area contributed by atoms with Crippen molar-refractivity contribution < 1.29 is 13.2 Å². The molecule has 1 N–H and O–H groups in total. The summed E-state index contributed by atoms with van der Waals surface area (Å²) < 4.78 is 33.7. The van der Waals surface area contributed by atoms with Gasteiger partial charge in [-0.3, -0.25) is 0 Å². The number of hydrogen-bond acceptors (Lipinski definition) is 4. The molecule has 0 bridgehead atoms. The molecule has 7 heteroatoms. The number of thiophene rings is 1. The largest absolute Gasteiger partial charge is 0.376 e. The van der Waals surface area contributed by atoms with Gasteiger partial charge >= 0.3 is 0 Å². The molecule has 1 aliphatic rings. The Bertz CT molecular complexity index is 771. The number of nitrogens with one attached hydrogen (secondary N) is 1. The van der Waals surface area contributed by atoms with E-state index < -0.39 is 10.0 Å². The first-order valence-electron chi connectivity index (χ1n) is 6.97. The first kappa shape index (κ1) is 16.4. The van der Waals surface area contributed by atoms with Gasteiger partial charge in [0.05, 0.1) is 13.2 Å². The van der Waals surface area contributed by atoms with Crippen LogP contribution in [0.1, 0.15) is 16.7 Å². The fourth-order valence-electron chi connectivity index (χ4n) is 2.44. The minimum absolute atomic E-state index is 0.399. The van der Waals surface area contributed by atoms with Crippen molar-refractivity contribution in [1.29, 1.82) is 0 Å². The molecule has 0 amide bonds. The Morgan fingerprint density at radius 3 is 2.91 bits per heavy atom. The van der Waals surface area contributed by atoms with Gasteiger partial charge in [0, 0.05) is 10.1 Å². The summed E-state index contributed by atoms with van der Waals surface area (Å²) in [5.74, 6) is 0. The number of rotatable bonds is 5. The highest BCUT2D eigenvalue weighted by Gasteiger charge is 2.18. The molecule has 0 spiro atoms. The summed E-state index contributed by atoms with van der Waals surface area (Å²) in [6.45, 7) is 1.85. The maximum Gasteiger partial charge on any atom is 0.251 e. The molecule has 2 heterocycles. The average Bonchev–Trinajstić information content (AvgIpc) is 2.94. The van der Waals surface area contributed by atoms with Gasteiger partial charge in [-0.1, -0.05) is 18.2 Å². The third-order valence-corrected chi connectivity index (χ3v) is 8.15. The Labute approximate surface area is 148 Å². The third kappa shape index (κ3) is 3.70. The van der Waals surface area contributed by atoms with E-state index in [2.05, 4.69) is 22.9 Å². The van der Waals surface area contributed by atoms with Crippen molar-refractivity contribution in [3.63, 3.8) is 0 Å². The monoisotopic (exact) mass is 449 g/mol. The molecule has 0 saturated heterocycles. The van der Waals surface area contributed by atoms with Crippen LogP contribution in [-0.4, -0.2) is 21.6 Å². The van der Waals surface area contributed by atoms with E-state index in [9.17, 15) is 8.42 Å². The summed E-state index contributed by atoms with van der Waals surface area (Å²) in [6.07, 6.45) is 1.62. The summed E-state index contributed by atoms with van der Waals surface area (Å²) in [6, 6.07) is 8.11. The summed E-state index contributed by atoms with van der Waals surface area (Å²) in [4.78, 5) is 0. The minimum atomic E-state index is -3.39. The normalized spacial score (nSPS) is 14.8. The molecular weight excluding hydrogens is 433 g/mol. The highest BCUT2D eigenvalue weighted by atomic mass is 127. The molecule has 1 aromatic carbocycles. The van der Waals surface area contributed by atoms with E-state index in [0.717, 1.165) is 22.2 Å². The predicted molar refractivity (Wildman–Crippen MR) is 95.7 cm³/mol. The molecule has 0 atom stereocenters. The number of sulfonamides is 1. The van der Waals surface area contributed by atoms with Crippen LogP contribution in [-0.2, 0) is 34.2 Å². The lowest BCUT2D eigenvalue weighted by atomic mass is 9.99. The Kier molecular flexibility index (Phi) is 5.18. The molecule has 4 nitrogen and oxygen atoms in total. The maximum atomic E-state index is 12.2. The SMILES string of the molecule is O=S(=O)(NCCc1ccc2c(c1)CCOC2)c1sccc1I. The van der Waals surface area contributed by atoms with Crippen LogP contribution in [0.15, 0.2) is 33.9 Å². The standard InChI is InChI=1S/C15H16INO3S2/c16-14-5-8-21-15(14)22(18,19)17-6-3-11-1-2-13-10-20-7-4-12(13)9-11/h1-2,5,8-9,17H,3-4,6-7,10H2. The van der Waals surface area contributed by atoms with E-state index in [4.69, 9.17) is 4.74 Å². The first-order chi connectivity index (χ1) is 10.6.